The molecule has 0 saturated carbocycles. The van der Waals surface area contributed by atoms with E-state index in [0.717, 1.165) is 11.4 Å². The van der Waals surface area contributed by atoms with Gasteiger partial charge in [-0.15, -0.1) is 0 Å². The van der Waals surface area contributed by atoms with Gasteiger partial charge < -0.3 is 5.32 Å². The van der Waals surface area contributed by atoms with Gasteiger partial charge in [0.1, 0.15) is 12.1 Å². The number of carbonyl (C=O) groups excluding carboxylic acids is 1. The Morgan fingerprint density at radius 1 is 1.04 bits per heavy atom. The Morgan fingerprint density at radius 2 is 1.92 bits per heavy atom. The number of amides is 1. The number of hydrogen-bond donors (Lipinski definition) is 1. The average Bonchev–Trinajstić information content (AvgIpc) is 3.37. The molecule has 26 heavy (non-hydrogen) atoms. The summed E-state index contributed by atoms with van der Waals surface area (Å²) in [6.45, 7) is 0.675. The van der Waals surface area contributed by atoms with E-state index >= 15 is 0 Å². The summed E-state index contributed by atoms with van der Waals surface area (Å²) in [6, 6.07) is 13.0. The number of aromatic nitrogens is 5. The van der Waals surface area contributed by atoms with Crippen molar-refractivity contribution in [2.45, 2.75) is 6.54 Å². The number of hydrogen-bond acceptors (Lipinski definition) is 4. The highest BCUT2D eigenvalue weighted by Crippen LogP contribution is 2.12. The fraction of sp³-hybridized carbons (Fsp3) is 0.0526. The highest BCUT2D eigenvalue weighted by atomic mass is 16.1. The third-order valence-corrected chi connectivity index (χ3v) is 3.89. The first-order valence-corrected chi connectivity index (χ1v) is 8.10. The minimum Gasteiger partial charge on any atom is -0.321 e. The molecule has 1 N–H and O–H groups in total. The molecular formula is C19H16N6O. The molecule has 7 heteroatoms. The maximum absolute atomic E-state index is 12.4. The van der Waals surface area contributed by atoms with Crippen molar-refractivity contribution in [2.75, 3.05) is 5.32 Å². The molecule has 0 spiro atoms. The maximum Gasteiger partial charge on any atom is 0.255 e. The van der Waals surface area contributed by atoms with Crippen molar-refractivity contribution in [3.8, 4) is 5.82 Å². The van der Waals surface area contributed by atoms with E-state index in [1.807, 2.05) is 47.4 Å². The van der Waals surface area contributed by atoms with Crippen molar-refractivity contribution in [1.29, 1.82) is 0 Å². The van der Waals surface area contributed by atoms with E-state index in [1.165, 1.54) is 0 Å². The Morgan fingerprint density at radius 3 is 2.58 bits per heavy atom. The lowest BCUT2D eigenvalue weighted by Crippen LogP contribution is -2.12. The van der Waals surface area contributed by atoms with Gasteiger partial charge >= 0.3 is 0 Å². The summed E-state index contributed by atoms with van der Waals surface area (Å²) in [5.41, 5.74) is 2.31. The molecule has 3 heterocycles. The van der Waals surface area contributed by atoms with Gasteiger partial charge in [0.15, 0.2) is 0 Å². The van der Waals surface area contributed by atoms with Gasteiger partial charge in [0, 0.05) is 30.4 Å². The predicted molar refractivity (Wildman–Crippen MR) is 97.1 cm³/mol. The smallest absolute Gasteiger partial charge is 0.255 e. The molecule has 4 rings (SSSR count). The summed E-state index contributed by atoms with van der Waals surface area (Å²) >= 11 is 0. The van der Waals surface area contributed by atoms with E-state index in [9.17, 15) is 4.79 Å². The Hall–Kier alpha value is -3.74. The van der Waals surface area contributed by atoms with E-state index in [0.29, 0.717) is 17.8 Å². The highest BCUT2D eigenvalue weighted by Gasteiger charge is 2.07. The molecule has 0 aliphatic rings. The molecule has 4 aromatic rings. The largest absolute Gasteiger partial charge is 0.321 e. The summed E-state index contributed by atoms with van der Waals surface area (Å²) in [4.78, 5) is 20.7. The summed E-state index contributed by atoms with van der Waals surface area (Å²) in [6.07, 6.45) is 10.4. The molecule has 0 aliphatic carbocycles. The van der Waals surface area contributed by atoms with Crippen LogP contribution < -0.4 is 5.32 Å². The second kappa shape index (κ2) is 7.02. The predicted octanol–water partition coefficient (Wildman–Crippen LogP) is 2.76. The average molecular weight is 344 g/mol. The number of benzene rings is 1. The monoisotopic (exact) mass is 344 g/mol. The molecule has 0 fully saturated rings. The summed E-state index contributed by atoms with van der Waals surface area (Å²) in [7, 11) is 0. The lowest BCUT2D eigenvalue weighted by molar-refractivity contribution is 0.102. The van der Waals surface area contributed by atoms with Crippen molar-refractivity contribution in [3.63, 3.8) is 0 Å². The number of carbonyl (C=O) groups is 1. The molecule has 1 aromatic carbocycles. The number of nitrogens with zero attached hydrogens (tertiary/aromatic N) is 5. The van der Waals surface area contributed by atoms with Gasteiger partial charge in [-0.3, -0.25) is 14.0 Å². The van der Waals surface area contributed by atoms with Crippen LogP contribution in [-0.2, 0) is 6.54 Å². The molecular weight excluding hydrogens is 328 g/mol. The first-order valence-electron chi connectivity index (χ1n) is 8.10. The van der Waals surface area contributed by atoms with Crippen LogP contribution >= 0.6 is 0 Å². The van der Waals surface area contributed by atoms with Crippen LogP contribution in [0, 0.1) is 0 Å². The van der Waals surface area contributed by atoms with Gasteiger partial charge in [-0.1, -0.05) is 12.1 Å². The van der Waals surface area contributed by atoms with E-state index in [-0.39, 0.29) is 5.91 Å². The zero-order valence-corrected chi connectivity index (χ0v) is 13.9. The van der Waals surface area contributed by atoms with Gasteiger partial charge in [-0.2, -0.15) is 5.10 Å². The third kappa shape index (κ3) is 3.51. The number of pyridine rings is 1. The zero-order valence-electron chi connectivity index (χ0n) is 13.9. The second-order valence-corrected chi connectivity index (χ2v) is 5.73. The Bertz CT molecular complexity index is 974. The van der Waals surface area contributed by atoms with Crippen LogP contribution in [0.3, 0.4) is 0 Å². The number of rotatable bonds is 5. The fourth-order valence-corrected chi connectivity index (χ4v) is 2.55. The molecule has 0 radical (unpaired) electrons. The summed E-state index contributed by atoms with van der Waals surface area (Å²) < 4.78 is 3.63. The Kier molecular flexibility index (Phi) is 4.26. The summed E-state index contributed by atoms with van der Waals surface area (Å²) in [5.74, 6) is 0.566. The molecule has 0 bridgehead atoms. The SMILES string of the molecule is O=C(Nc1ccc(-n2ccnc2)nc1)c1ccc(Cn2cccn2)cc1. The minimum atomic E-state index is -0.173. The normalized spacial score (nSPS) is 10.6. The Balaban J connectivity index is 1.41. The van der Waals surface area contributed by atoms with E-state index < -0.39 is 0 Å². The van der Waals surface area contributed by atoms with E-state index in [1.54, 1.807) is 41.6 Å². The number of anilines is 1. The number of imidazole rings is 1. The lowest BCUT2D eigenvalue weighted by Gasteiger charge is -2.07. The van der Waals surface area contributed by atoms with Gasteiger partial charge in [0.25, 0.3) is 5.91 Å². The van der Waals surface area contributed by atoms with E-state index in [2.05, 4.69) is 20.4 Å². The number of nitrogens with one attached hydrogen (secondary N) is 1. The van der Waals surface area contributed by atoms with Crippen molar-refractivity contribution < 1.29 is 4.79 Å². The molecule has 0 saturated heterocycles. The van der Waals surface area contributed by atoms with Gasteiger partial charge in [-0.05, 0) is 35.9 Å². The van der Waals surface area contributed by atoms with Crippen LogP contribution in [0.25, 0.3) is 5.82 Å². The van der Waals surface area contributed by atoms with Gasteiger partial charge in [0.2, 0.25) is 0 Å². The summed E-state index contributed by atoms with van der Waals surface area (Å²) in [5, 5.41) is 7.03. The van der Waals surface area contributed by atoms with Crippen molar-refractivity contribution in [3.05, 3.63) is 90.9 Å². The van der Waals surface area contributed by atoms with Crippen LogP contribution in [0.4, 0.5) is 5.69 Å². The van der Waals surface area contributed by atoms with Crippen LogP contribution in [0.2, 0.25) is 0 Å². The van der Waals surface area contributed by atoms with Crippen molar-refractivity contribution in [2.24, 2.45) is 0 Å². The molecule has 128 valence electrons. The molecule has 0 atom stereocenters. The molecule has 0 unspecified atom stereocenters. The third-order valence-electron chi connectivity index (χ3n) is 3.89. The fourth-order valence-electron chi connectivity index (χ4n) is 2.55. The van der Waals surface area contributed by atoms with Crippen LogP contribution in [0.15, 0.2) is 79.8 Å². The van der Waals surface area contributed by atoms with E-state index in [4.69, 9.17) is 0 Å². The molecule has 7 nitrogen and oxygen atoms in total. The minimum absolute atomic E-state index is 0.173. The Labute approximate surface area is 150 Å². The maximum atomic E-state index is 12.4. The molecule has 0 aliphatic heterocycles. The van der Waals surface area contributed by atoms with Crippen LogP contribution in [0.1, 0.15) is 15.9 Å². The molecule has 1 amide bonds. The first-order chi connectivity index (χ1) is 12.8. The second-order valence-electron chi connectivity index (χ2n) is 5.73. The standard InChI is InChI=1S/C19H16N6O/c26-19(16-4-2-15(3-5-16)13-25-10-1-8-22-25)23-17-6-7-18(21-12-17)24-11-9-20-14-24/h1-12,14H,13H2,(H,23,26). The highest BCUT2D eigenvalue weighted by molar-refractivity contribution is 6.04. The van der Waals surface area contributed by atoms with Crippen molar-refractivity contribution in [1.82, 2.24) is 24.3 Å². The first kappa shape index (κ1) is 15.8. The van der Waals surface area contributed by atoms with Crippen LogP contribution in [-0.4, -0.2) is 30.2 Å². The van der Waals surface area contributed by atoms with Gasteiger partial charge in [0.05, 0.1) is 18.4 Å². The molecule has 3 aromatic heterocycles. The van der Waals surface area contributed by atoms with Gasteiger partial charge in [-0.25, -0.2) is 9.97 Å². The zero-order chi connectivity index (χ0) is 17.8. The van der Waals surface area contributed by atoms with Crippen molar-refractivity contribution >= 4 is 11.6 Å². The lowest BCUT2D eigenvalue weighted by atomic mass is 10.1. The quantitative estimate of drug-likeness (QED) is 0.604. The van der Waals surface area contributed by atoms with Crippen LogP contribution in [0.5, 0.6) is 0 Å². The topological polar surface area (TPSA) is 77.6 Å².